The Bertz CT molecular complexity index is 756. The van der Waals surface area contributed by atoms with Gasteiger partial charge in [-0.05, 0) is 50.2 Å². The summed E-state index contributed by atoms with van der Waals surface area (Å²) in [6.45, 7) is 7.63. The Morgan fingerprint density at radius 3 is 2.77 bits per heavy atom. The molecule has 0 saturated carbocycles. The van der Waals surface area contributed by atoms with Gasteiger partial charge in [0.25, 0.3) is 5.91 Å². The van der Waals surface area contributed by atoms with Gasteiger partial charge in [-0.15, -0.1) is 0 Å². The number of amides is 1. The maximum Gasteiger partial charge on any atom is 0.262 e. The van der Waals surface area contributed by atoms with Crippen molar-refractivity contribution in [3.63, 3.8) is 0 Å². The lowest BCUT2D eigenvalue weighted by Crippen LogP contribution is -2.20. The van der Waals surface area contributed by atoms with E-state index in [1.54, 1.807) is 10.9 Å². The topological polar surface area (TPSA) is 59.4 Å². The molecule has 2 aromatic rings. The van der Waals surface area contributed by atoms with Gasteiger partial charge in [-0.1, -0.05) is 25.4 Å². The van der Waals surface area contributed by atoms with Gasteiger partial charge < -0.3 is 15.0 Å². The molecule has 0 aliphatic carbocycles. The third-order valence-electron chi connectivity index (χ3n) is 3.97. The Labute approximate surface area is 160 Å². The molecular weight excluding hydrogens is 352 g/mol. The minimum absolute atomic E-state index is 0.0658. The second-order valence-corrected chi connectivity index (χ2v) is 7.33. The van der Waals surface area contributed by atoms with Gasteiger partial charge in [-0.25, -0.2) is 0 Å². The molecule has 0 radical (unpaired) electrons. The number of nitrogens with one attached hydrogen (secondary N) is 1. The van der Waals surface area contributed by atoms with Gasteiger partial charge in [0.2, 0.25) is 0 Å². The second kappa shape index (κ2) is 9.05. The number of carbonyl (C=O) groups excluding carboxylic acids is 1. The molecule has 0 spiro atoms. The third-order valence-corrected chi connectivity index (χ3v) is 4.37. The summed E-state index contributed by atoms with van der Waals surface area (Å²) in [5.74, 6) is 0.722. The number of carbonyl (C=O) groups is 1. The first-order valence-corrected chi connectivity index (χ1v) is 9.04. The number of benzene rings is 1. The highest BCUT2D eigenvalue weighted by molar-refractivity contribution is 6.31. The summed E-state index contributed by atoms with van der Waals surface area (Å²) in [5, 5.41) is 7.75. The zero-order valence-corrected chi connectivity index (χ0v) is 16.8. The molecule has 0 bridgehead atoms. The Morgan fingerprint density at radius 2 is 2.12 bits per heavy atom. The molecule has 2 rings (SSSR count). The number of hydrogen-bond acceptors (Lipinski definition) is 4. The Morgan fingerprint density at radius 1 is 1.38 bits per heavy atom. The van der Waals surface area contributed by atoms with E-state index in [0.717, 1.165) is 24.2 Å². The number of halogens is 1. The van der Waals surface area contributed by atoms with Crippen LogP contribution in [-0.4, -0.2) is 47.8 Å². The first-order chi connectivity index (χ1) is 12.3. The van der Waals surface area contributed by atoms with Gasteiger partial charge in [0.15, 0.2) is 6.61 Å². The Hall–Kier alpha value is -2.05. The average molecular weight is 379 g/mol. The highest BCUT2D eigenvalue weighted by Crippen LogP contribution is 2.32. The molecule has 0 unspecified atom stereocenters. The van der Waals surface area contributed by atoms with E-state index in [0.29, 0.717) is 16.5 Å². The van der Waals surface area contributed by atoms with Gasteiger partial charge in [-0.3, -0.25) is 9.48 Å². The molecule has 1 N–H and O–H groups in total. The molecule has 0 aliphatic heterocycles. The number of anilines is 1. The molecule has 0 fully saturated rings. The summed E-state index contributed by atoms with van der Waals surface area (Å²) < 4.78 is 7.55. The smallest absolute Gasteiger partial charge is 0.262 e. The maximum absolute atomic E-state index is 12.2. The van der Waals surface area contributed by atoms with Crippen LogP contribution in [0.2, 0.25) is 5.02 Å². The molecule has 7 heteroatoms. The lowest BCUT2D eigenvalue weighted by molar-refractivity contribution is -0.118. The largest absolute Gasteiger partial charge is 0.483 e. The number of hydrogen-bond donors (Lipinski definition) is 1. The number of nitrogens with zero attached hydrogens (tertiary/aromatic N) is 3. The predicted molar refractivity (Wildman–Crippen MR) is 105 cm³/mol. The van der Waals surface area contributed by atoms with Crippen LogP contribution < -0.4 is 10.1 Å². The number of aromatic nitrogens is 2. The summed E-state index contributed by atoms with van der Waals surface area (Å²) in [7, 11) is 4.01. The van der Waals surface area contributed by atoms with Crippen LogP contribution >= 0.6 is 11.6 Å². The van der Waals surface area contributed by atoms with E-state index < -0.39 is 0 Å². The number of ether oxygens (including phenoxy) is 1. The van der Waals surface area contributed by atoms with Crippen molar-refractivity contribution in [2.75, 3.05) is 32.6 Å². The SMILES string of the molecule is Cc1cc(OCC(=O)Nc2cnn(CCN(C)C)c2)c(C(C)C)cc1Cl. The standard InChI is InChI=1S/C19H27ClN4O2/c1-13(2)16-9-17(20)14(3)8-18(16)26-12-19(25)22-15-10-21-24(11-15)7-6-23(4)5/h8-11,13H,6-7,12H2,1-5H3,(H,22,25). The first kappa shape index (κ1) is 20.3. The zero-order valence-electron chi connectivity index (χ0n) is 16.0. The van der Waals surface area contributed by atoms with Crippen LogP contribution in [0.4, 0.5) is 5.69 Å². The quantitative estimate of drug-likeness (QED) is 0.763. The fraction of sp³-hybridized carbons (Fsp3) is 0.474. The van der Waals surface area contributed by atoms with E-state index in [9.17, 15) is 4.79 Å². The zero-order chi connectivity index (χ0) is 19.3. The molecular formula is C19H27ClN4O2. The van der Waals surface area contributed by atoms with Crippen molar-refractivity contribution in [2.24, 2.45) is 0 Å². The predicted octanol–water partition coefficient (Wildman–Crippen LogP) is 3.55. The van der Waals surface area contributed by atoms with Crippen molar-refractivity contribution in [1.29, 1.82) is 0 Å². The summed E-state index contributed by atoms with van der Waals surface area (Å²) >= 11 is 6.20. The summed E-state index contributed by atoms with van der Waals surface area (Å²) in [5.41, 5.74) is 2.58. The van der Waals surface area contributed by atoms with Crippen molar-refractivity contribution in [3.8, 4) is 5.75 Å². The van der Waals surface area contributed by atoms with E-state index in [2.05, 4.69) is 29.2 Å². The lowest BCUT2D eigenvalue weighted by atomic mass is 10.0. The molecule has 1 heterocycles. The van der Waals surface area contributed by atoms with Gasteiger partial charge in [0.1, 0.15) is 5.75 Å². The van der Waals surface area contributed by atoms with E-state index in [4.69, 9.17) is 16.3 Å². The minimum atomic E-state index is -0.223. The molecule has 1 aromatic heterocycles. The van der Waals surface area contributed by atoms with Crippen molar-refractivity contribution >= 4 is 23.2 Å². The molecule has 142 valence electrons. The fourth-order valence-corrected chi connectivity index (χ4v) is 2.61. The second-order valence-electron chi connectivity index (χ2n) is 6.93. The van der Waals surface area contributed by atoms with Crippen molar-refractivity contribution in [2.45, 2.75) is 33.2 Å². The molecule has 0 atom stereocenters. The normalized spacial score (nSPS) is 11.2. The summed E-state index contributed by atoms with van der Waals surface area (Å²) in [4.78, 5) is 14.3. The van der Waals surface area contributed by atoms with Crippen LogP contribution in [0.3, 0.4) is 0 Å². The Balaban J connectivity index is 1.94. The third kappa shape index (κ3) is 5.75. The molecule has 26 heavy (non-hydrogen) atoms. The van der Waals surface area contributed by atoms with Gasteiger partial charge in [0.05, 0.1) is 18.4 Å². The molecule has 0 aliphatic rings. The minimum Gasteiger partial charge on any atom is -0.483 e. The number of rotatable bonds is 8. The summed E-state index contributed by atoms with van der Waals surface area (Å²) in [6.07, 6.45) is 3.45. The van der Waals surface area contributed by atoms with Crippen molar-refractivity contribution in [1.82, 2.24) is 14.7 Å². The van der Waals surface area contributed by atoms with Crippen LogP contribution in [-0.2, 0) is 11.3 Å². The first-order valence-electron chi connectivity index (χ1n) is 8.66. The molecule has 1 aromatic carbocycles. The maximum atomic E-state index is 12.2. The van der Waals surface area contributed by atoms with E-state index >= 15 is 0 Å². The van der Waals surface area contributed by atoms with Crippen LogP contribution in [0, 0.1) is 6.92 Å². The number of likely N-dealkylation sites (N-methyl/N-ethyl adjacent to an activating group) is 1. The summed E-state index contributed by atoms with van der Waals surface area (Å²) in [6, 6.07) is 3.79. The highest BCUT2D eigenvalue weighted by Gasteiger charge is 2.13. The molecule has 0 saturated heterocycles. The van der Waals surface area contributed by atoms with Gasteiger partial charge >= 0.3 is 0 Å². The molecule has 6 nitrogen and oxygen atoms in total. The van der Waals surface area contributed by atoms with Crippen LogP contribution in [0.15, 0.2) is 24.5 Å². The van der Waals surface area contributed by atoms with Crippen LogP contribution in [0.1, 0.15) is 30.9 Å². The lowest BCUT2D eigenvalue weighted by Gasteiger charge is -2.15. The Kier molecular flexibility index (Phi) is 7.06. The number of aryl methyl sites for hydroxylation is 1. The van der Waals surface area contributed by atoms with Crippen molar-refractivity contribution in [3.05, 3.63) is 40.7 Å². The van der Waals surface area contributed by atoms with E-state index in [1.165, 1.54) is 0 Å². The van der Waals surface area contributed by atoms with Gasteiger partial charge in [0, 0.05) is 17.8 Å². The molecule has 1 amide bonds. The fourth-order valence-electron chi connectivity index (χ4n) is 2.44. The van der Waals surface area contributed by atoms with Crippen LogP contribution in [0.5, 0.6) is 5.75 Å². The monoisotopic (exact) mass is 378 g/mol. The average Bonchev–Trinajstić information content (AvgIpc) is 3.00. The van der Waals surface area contributed by atoms with Crippen molar-refractivity contribution < 1.29 is 9.53 Å². The van der Waals surface area contributed by atoms with E-state index in [-0.39, 0.29) is 18.4 Å². The van der Waals surface area contributed by atoms with Crippen LogP contribution in [0.25, 0.3) is 0 Å². The van der Waals surface area contributed by atoms with Gasteiger partial charge in [-0.2, -0.15) is 5.10 Å². The highest BCUT2D eigenvalue weighted by atomic mass is 35.5. The van der Waals surface area contributed by atoms with E-state index in [1.807, 2.05) is 39.3 Å².